The second kappa shape index (κ2) is 8.14. The van der Waals surface area contributed by atoms with Gasteiger partial charge in [-0.15, -0.1) is 6.58 Å². The van der Waals surface area contributed by atoms with E-state index >= 15 is 0 Å². The lowest BCUT2D eigenvalue weighted by atomic mass is 10.3. The highest BCUT2D eigenvalue weighted by Crippen LogP contribution is 1.92. The van der Waals surface area contributed by atoms with E-state index in [4.69, 9.17) is 10.8 Å². The van der Waals surface area contributed by atoms with Crippen molar-refractivity contribution in [2.24, 2.45) is 5.73 Å². The monoisotopic (exact) mass is 243 g/mol. The summed E-state index contributed by atoms with van der Waals surface area (Å²) in [5.74, 6) is -1.54. The van der Waals surface area contributed by atoms with Crippen LogP contribution in [-0.2, 0) is 9.59 Å². The Bertz CT molecular complexity index is 304. The molecule has 0 aliphatic rings. The van der Waals surface area contributed by atoms with Crippen molar-refractivity contribution < 1.29 is 19.5 Å². The summed E-state index contributed by atoms with van der Waals surface area (Å²) in [4.78, 5) is 33.5. The number of aliphatic carboxylic acids is 1. The summed E-state index contributed by atoms with van der Waals surface area (Å²) < 4.78 is 0. The number of hydrogen-bond donors (Lipinski definition) is 3. The first kappa shape index (κ1) is 14.9. The van der Waals surface area contributed by atoms with Crippen molar-refractivity contribution in [3.63, 3.8) is 0 Å². The Labute approximate surface area is 99.3 Å². The van der Waals surface area contributed by atoms with E-state index in [-0.39, 0.29) is 19.5 Å². The number of amides is 3. The number of urea groups is 1. The molecule has 0 aliphatic carbocycles. The SMILES string of the molecule is C=CCN(CC(=O)O)C(=O)NCCCC(N)=O. The van der Waals surface area contributed by atoms with E-state index in [0.717, 1.165) is 4.90 Å². The summed E-state index contributed by atoms with van der Waals surface area (Å²) in [5, 5.41) is 11.1. The molecule has 0 aromatic heterocycles. The number of carboxylic acid groups (broad SMARTS) is 1. The largest absolute Gasteiger partial charge is 0.480 e. The van der Waals surface area contributed by atoms with Gasteiger partial charge in [-0.25, -0.2) is 4.79 Å². The molecular weight excluding hydrogens is 226 g/mol. The number of nitrogens with zero attached hydrogens (tertiary/aromatic N) is 1. The van der Waals surface area contributed by atoms with Crippen LogP contribution in [0.4, 0.5) is 4.79 Å². The minimum absolute atomic E-state index is 0.147. The number of rotatable bonds is 8. The van der Waals surface area contributed by atoms with Gasteiger partial charge < -0.3 is 21.1 Å². The molecule has 0 bridgehead atoms. The molecule has 0 fully saturated rings. The molecule has 96 valence electrons. The maximum atomic E-state index is 11.5. The second-order valence-corrected chi connectivity index (χ2v) is 3.36. The fourth-order valence-electron chi connectivity index (χ4n) is 1.11. The van der Waals surface area contributed by atoms with Crippen molar-refractivity contribution in [3.8, 4) is 0 Å². The lowest BCUT2D eigenvalue weighted by Crippen LogP contribution is -2.43. The first-order valence-corrected chi connectivity index (χ1v) is 5.11. The van der Waals surface area contributed by atoms with E-state index in [2.05, 4.69) is 11.9 Å². The Morgan fingerprint density at radius 3 is 2.53 bits per heavy atom. The number of primary amides is 1. The van der Waals surface area contributed by atoms with Gasteiger partial charge in [0.2, 0.25) is 5.91 Å². The highest BCUT2D eigenvalue weighted by molar-refractivity contribution is 5.80. The molecule has 0 unspecified atom stereocenters. The number of nitrogens with one attached hydrogen (secondary N) is 1. The standard InChI is InChI=1S/C10H17N3O4/c1-2-6-13(7-9(15)16)10(17)12-5-3-4-8(11)14/h2H,1,3-7H2,(H2,11,14)(H,12,17)(H,15,16). The van der Waals surface area contributed by atoms with Gasteiger partial charge in [0.05, 0.1) is 0 Å². The highest BCUT2D eigenvalue weighted by atomic mass is 16.4. The van der Waals surface area contributed by atoms with Crippen LogP contribution >= 0.6 is 0 Å². The molecule has 0 aliphatic heterocycles. The van der Waals surface area contributed by atoms with Crippen LogP contribution in [0.15, 0.2) is 12.7 Å². The van der Waals surface area contributed by atoms with Crippen LogP contribution in [0, 0.1) is 0 Å². The molecule has 17 heavy (non-hydrogen) atoms. The van der Waals surface area contributed by atoms with Gasteiger partial charge >= 0.3 is 12.0 Å². The minimum Gasteiger partial charge on any atom is -0.480 e. The number of nitrogens with two attached hydrogens (primary N) is 1. The smallest absolute Gasteiger partial charge is 0.323 e. The fraction of sp³-hybridized carbons (Fsp3) is 0.500. The zero-order valence-corrected chi connectivity index (χ0v) is 9.52. The molecule has 0 spiro atoms. The molecule has 0 saturated carbocycles. The van der Waals surface area contributed by atoms with E-state index in [1.54, 1.807) is 0 Å². The van der Waals surface area contributed by atoms with E-state index in [1.807, 2.05) is 0 Å². The van der Waals surface area contributed by atoms with Gasteiger partial charge in [-0.2, -0.15) is 0 Å². The quantitative estimate of drug-likeness (QED) is 0.395. The van der Waals surface area contributed by atoms with Gasteiger partial charge in [0.25, 0.3) is 0 Å². The lowest BCUT2D eigenvalue weighted by Gasteiger charge is -2.19. The lowest BCUT2D eigenvalue weighted by molar-refractivity contribution is -0.137. The molecule has 0 atom stereocenters. The molecular formula is C10H17N3O4. The van der Waals surface area contributed by atoms with Crippen molar-refractivity contribution in [1.82, 2.24) is 10.2 Å². The topological polar surface area (TPSA) is 113 Å². The Hall–Kier alpha value is -2.05. The second-order valence-electron chi connectivity index (χ2n) is 3.36. The molecule has 4 N–H and O–H groups in total. The molecule has 7 nitrogen and oxygen atoms in total. The predicted molar refractivity (Wildman–Crippen MR) is 61.2 cm³/mol. The zero-order chi connectivity index (χ0) is 13.3. The van der Waals surface area contributed by atoms with Crippen LogP contribution in [0.5, 0.6) is 0 Å². The van der Waals surface area contributed by atoms with Crippen LogP contribution in [-0.4, -0.2) is 47.5 Å². The predicted octanol–water partition coefficient (Wildman–Crippen LogP) is -0.466. The van der Waals surface area contributed by atoms with Crippen molar-refractivity contribution in [2.45, 2.75) is 12.8 Å². The average Bonchev–Trinajstić information content (AvgIpc) is 2.22. The van der Waals surface area contributed by atoms with E-state index < -0.39 is 24.5 Å². The first-order chi connectivity index (χ1) is 7.97. The van der Waals surface area contributed by atoms with Crippen LogP contribution in [0.25, 0.3) is 0 Å². The third-order valence-electron chi connectivity index (χ3n) is 1.84. The maximum Gasteiger partial charge on any atom is 0.323 e. The Morgan fingerprint density at radius 1 is 1.41 bits per heavy atom. The summed E-state index contributed by atoms with van der Waals surface area (Å²) in [6.07, 6.45) is 2.04. The molecule has 0 aromatic carbocycles. The number of carboxylic acids is 1. The van der Waals surface area contributed by atoms with Crippen molar-refractivity contribution in [3.05, 3.63) is 12.7 Å². The van der Waals surface area contributed by atoms with E-state index in [9.17, 15) is 14.4 Å². The van der Waals surface area contributed by atoms with Crippen LogP contribution in [0.3, 0.4) is 0 Å². The van der Waals surface area contributed by atoms with E-state index in [0.29, 0.717) is 6.42 Å². The minimum atomic E-state index is -1.10. The molecule has 0 aromatic rings. The fourth-order valence-corrected chi connectivity index (χ4v) is 1.11. The Balaban J connectivity index is 4.00. The molecule has 3 amide bonds. The van der Waals surface area contributed by atoms with Crippen molar-refractivity contribution >= 4 is 17.9 Å². The number of hydrogen-bond acceptors (Lipinski definition) is 3. The maximum absolute atomic E-state index is 11.5. The normalized spacial score (nSPS) is 9.41. The summed E-state index contributed by atoms with van der Waals surface area (Å²) >= 11 is 0. The van der Waals surface area contributed by atoms with Crippen molar-refractivity contribution in [1.29, 1.82) is 0 Å². The summed E-state index contributed by atoms with van der Waals surface area (Å²) in [6, 6.07) is -0.503. The molecule has 0 rings (SSSR count). The number of carbonyl (C=O) groups excluding carboxylic acids is 2. The van der Waals surface area contributed by atoms with Gasteiger partial charge in [-0.3, -0.25) is 9.59 Å². The van der Waals surface area contributed by atoms with Gasteiger partial charge in [0.1, 0.15) is 6.54 Å². The van der Waals surface area contributed by atoms with Gasteiger partial charge in [0, 0.05) is 19.5 Å². The highest BCUT2D eigenvalue weighted by Gasteiger charge is 2.14. The Morgan fingerprint density at radius 2 is 2.06 bits per heavy atom. The third kappa shape index (κ3) is 7.83. The van der Waals surface area contributed by atoms with Gasteiger partial charge in [-0.1, -0.05) is 6.08 Å². The average molecular weight is 243 g/mol. The summed E-state index contributed by atoms with van der Waals surface area (Å²) in [7, 11) is 0. The van der Waals surface area contributed by atoms with Crippen LogP contribution in [0.2, 0.25) is 0 Å². The first-order valence-electron chi connectivity index (χ1n) is 5.11. The molecule has 7 heteroatoms. The van der Waals surface area contributed by atoms with Crippen LogP contribution < -0.4 is 11.1 Å². The Kier molecular flexibility index (Phi) is 7.16. The van der Waals surface area contributed by atoms with Crippen molar-refractivity contribution in [2.75, 3.05) is 19.6 Å². The third-order valence-corrected chi connectivity index (χ3v) is 1.84. The number of carbonyl (C=O) groups is 3. The van der Waals surface area contributed by atoms with Crippen LogP contribution in [0.1, 0.15) is 12.8 Å². The zero-order valence-electron chi connectivity index (χ0n) is 9.52. The van der Waals surface area contributed by atoms with E-state index in [1.165, 1.54) is 6.08 Å². The molecule has 0 radical (unpaired) electrons. The summed E-state index contributed by atoms with van der Waals surface area (Å²) in [5.41, 5.74) is 4.93. The summed E-state index contributed by atoms with van der Waals surface area (Å²) in [6.45, 7) is 3.46. The van der Waals surface area contributed by atoms with Gasteiger partial charge in [-0.05, 0) is 6.42 Å². The molecule has 0 saturated heterocycles. The molecule has 0 heterocycles. The van der Waals surface area contributed by atoms with Gasteiger partial charge in [0.15, 0.2) is 0 Å².